The topological polar surface area (TPSA) is 35.5 Å². The second kappa shape index (κ2) is 20.0. The van der Waals surface area contributed by atoms with Crippen molar-refractivity contribution in [3.63, 3.8) is 0 Å². The van der Waals surface area contributed by atoms with E-state index in [1.54, 1.807) is 0 Å². The van der Waals surface area contributed by atoms with Gasteiger partial charge in [0.2, 0.25) is 0 Å². The van der Waals surface area contributed by atoms with Gasteiger partial charge in [-0.15, -0.1) is 9.05 Å². The third-order valence-electron chi connectivity index (χ3n) is 3.75. The summed E-state index contributed by atoms with van der Waals surface area (Å²) in [7, 11) is -1.90. The van der Waals surface area contributed by atoms with E-state index < -0.39 is 8.25 Å². The number of hydrogen-bond donors (Lipinski definition) is 0. The van der Waals surface area contributed by atoms with Gasteiger partial charge in [0, 0.05) is 55.9 Å². The van der Waals surface area contributed by atoms with Crippen LogP contribution in [-0.4, -0.2) is 64.6 Å². The van der Waals surface area contributed by atoms with Crippen molar-refractivity contribution in [2.75, 3.05) is 13.2 Å². The summed E-state index contributed by atoms with van der Waals surface area (Å²) in [5.41, 5.74) is 0. The van der Waals surface area contributed by atoms with Gasteiger partial charge in [0.25, 0.3) is 0 Å². The SMILES string of the molecule is CC(C)CCCCCCO[P+](=O)OCCCCCCC(C)C.[K]. The zero-order chi connectivity index (χ0) is 16.6. The summed E-state index contributed by atoms with van der Waals surface area (Å²) in [5.74, 6) is 1.59. The molecule has 0 saturated heterocycles. The normalized spacial score (nSPS) is 11.0. The molecule has 0 aliphatic heterocycles. The largest absolute Gasteiger partial charge is 0.697 e. The summed E-state index contributed by atoms with van der Waals surface area (Å²) >= 11 is 0. The first-order valence-corrected chi connectivity index (χ1v) is 10.3. The first-order chi connectivity index (χ1) is 10.5. The molecule has 0 aliphatic rings. The molecule has 0 aromatic carbocycles. The maximum atomic E-state index is 11.5. The van der Waals surface area contributed by atoms with Crippen LogP contribution < -0.4 is 0 Å². The summed E-state index contributed by atoms with van der Waals surface area (Å²) in [6.07, 6.45) is 12.0. The summed E-state index contributed by atoms with van der Waals surface area (Å²) in [6, 6.07) is 0. The van der Waals surface area contributed by atoms with E-state index in [4.69, 9.17) is 9.05 Å². The van der Waals surface area contributed by atoms with Crippen LogP contribution in [0.4, 0.5) is 0 Å². The van der Waals surface area contributed by atoms with Gasteiger partial charge >= 0.3 is 8.25 Å². The van der Waals surface area contributed by atoms with Gasteiger partial charge in [-0.05, 0) is 24.7 Å². The molecular weight excluding hydrogens is 334 g/mol. The van der Waals surface area contributed by atoms with Crippen LogP contribution in [0.3, 0.4) is 0 Å². The first-order valence-electron chi connectivity index (χ1n) is 9.25. The van der Waals surface area contributed by atoms with E-state index in [-0.39, 0.29) is 51.4 Å². The molecule has 3 nitrogen and oxygen atoms in total. The molecule has 0 atom stereocenters. The molecule has 0 rings (SSSR count). The Labute approximate surface area is 188 Å². The molecule has 23 heavy (non-hydrogen) atoms. The molecule has 0 spiro atoms. The zero-order valence-corrected chi connectivity index (χ0v) is 20.3. The second-order valence-electron chi connectivity index (χ2n) is 7.08. The van der Waals surface area contributed by atoms with E-state index in [1.807, 2.05) is 0 Å². The Morgan fingerprint density at radius 2 is 1.00 bits per heavy atom. The van der Waals surface area contributed by atoms with Crippen molar-refractivity contribution in [3.05, 3.63) is 0 Å². The van der Waals surface area contributed by atoms with Gasteiger partial charge in [0.15, 0.2) is 0 Å². The van der Waals surface area contributed by atoms with Gasteiger partial charge in [-0.3, -0.25) is 0 Å². The molecule has 0 fully saturated rings. The Balaban J connectivity index is 0. The number of unbranched alkanes of at least 4 members (excludes halogenated alkanes) is 6. The molecule has 5 heteroatoms. The predicted molar refractivity (Wildman–Crippen MR) is 101 cm³/mol. The second-order valence-corrected chi connectivity index (χ2v) is 8.05. The van der Waals surface area contributed by atoms with Crippen LogP contribution in [0.1, 0.15) is 91.9 Å². The molecule has 0 unspecified atom stereocenters. The van der Waals surface area contributed by atoms with E-state index in [0.717, 1.165) is 37.5 Å². The zero-order valence-electron chi connectivity index (χ0n) is 16.3. The van der Waals surface area contributed by atoms with Gasteiger partial charge < -0.3 is 0 Å². The van der Waals surface area contributed by atoms with Crippen molar-refractivity contribution in [3.8, 4) is 0 Å². The van der Waals surface area contributed by atoms with Crippen molar-refractivity contribution in [1.82, 2.24) is 0 Å². The minimum Gasteiger partial charge on any atom is -0.119 e. The van der Waals surface area contributed by atoms with Crippen molar-refractivity contribution >= 4 is 59.6 Å². The summed E-state index contributed by atoms with van der Waals surface area (Å²) < 4.78 is 21.9. The predicted octanol–water partition coefficient (Wildman–Crippen LogP) is 6.51. The summed E-state index contributed by atoms with van der Waals surface area (Å²) in [5, 5.41) is 0. The molecule has 0 bridgehead atoms. The van der Waals surface area contributed by atoms with Crippen molar-refractivity contribution in [2.24, 2.45) is 11.8 Å². The third kappa shape index (κ3) is 23.7. The Bertz CT molecular complexity index is 237. The Hall–Kier alpha value is 1.66. The smallest absolute Gasteiger partial charge is 0.119 e. The number of rotatable bonds is 16. The van der Waals surface area contributed by atoms with Gasteiger partial charge in [-0.1, -0.05) is 79.1 Å². The van der Waals surface area contributed by atoms with Crippen molar-refractivity contribution in [1.29, 1.82) is 0 Å². The van der Waals surface area contributed by atoms with Gasteiger partial charge in [0.1, 0.15) is 13.2 Å². The van der Waals surface area contributed by atoms with Crippen LogP contribution in [0.2, 0.25) is 0 Å². The van der Waals surface area contributed by atoms with Crippen molar-refractivity contribution in [2.45, 2.75) is 91.9 Å². The molecule has 0 saturated carbocycles. The average Bonchev–Trinajstić information content (AvgIpc) is 2.44. The van der Waals surface area contributed by atoms with Crippen LogP contribution in [0.5, 0.6) is 0 Å². The van der Waals surface area contributed by atoms with Crippen molar-refractivity contribution < 1.29 is 13.6 Å². The standard InChI is InChI=1S/C18H38O3P.K/c1-17(2)13-9-5-7-11-15-20-22(19)21-16-12-8-6-10-14-18(3)4;/h17-18H,5-16H2,1-4H3;/q+1;. The maximum absolute atomic E-state index is 11.5. The van der Waals surface area contributed by atoms with E-state index in [9.17, 15) is 4.57 Å². The van der Waals surface area contributed by atoms with E-state index in [2.05, 4.69) is 27.7 Å². The molecule has 133 valence electrons. The first kappa shape index (κ1) is 26.9. The monoisotopic (exact) mass is 372 g/mol. The van der Waals surface area contributed by atoms with Crippen LogP contribution in [0, 0.1) is 11.8 Å². The quantitative estimate of drug-likeness (QED) is 0.176. The average molecular weight is 373 g/mol. The molecule has 0 aliphatic carbocycles. The van der Waals surface area contributed by atoms with Gasteiger partial charge in [-0.25, -0.2) is 0 Å². The van der Waals surface area contributed by atoms with Crippen LogP contribution >= 0.6 is 8.25 Å². The Morgan fingerprint density at radius 3 is 1.35 bits per heavy atom. The van der Waals surface area contributed by atoms with Crippen LogP contribution in [0.25, 0.3) is 0 Å². The molecule has 0 amide bonds. The van der Waals surface area contributed by atoms with Gasteiger partial charge in [-0.2, -0.15) is 0 Å². The molecule has 1 radical (unpaired) electrons. The molecule has 0 heterocycles. The third-order valence-corrected chi connectivity index (χ3v) is 4.53. The van der Waals surface area contributed by atoms with Gasteiger partial charge in [0.05, 0.1) is 0 Å². The molecular formula is C18H38KO3P+. The minimum atomic E-state index is -1.90. The summed E-state index contributed by atoms with van der Waals surface area (Å²) in [4.78, 5) is 0. The van der Waals surface area contributed by atoms with E-state index >= 15 is 0 Å². The Kier molecular flexibility index (Phi) is 23.3. The number of hydrogen-bond acceptors (Lipinski definition) is 3. The fourth-order valence-electron chi connectivity index (χ4n) is 2.33. The molecule has 0 aromatic rings. The van der Waals surface area contributed by atoms with E-state index in [0.29, 0.717) is 13.2 Å². The van der Waals surface area contributed by atoms with E-state index in [1.165, 1.54) is 38.5 Å². The maximum Gasteiger partial charge on any atom is 0.697 e. The summed E-state index contributed by atoms with van der Waals surface area (Å²) in [6.45, 7) is 10.2. The molecule has 0 aromatic heterocycles. The van der Waals surface area contributed by atoms with Crippen LogP contribution in [-0.2, 0) is 13.6 Å². The fourth-order valence-corrected chi connectivity index (χ4v) is 2.96. The van der Waals surface area contributed by atoms with Crippen LogP contribution in [0.15, 0.2) is 0 Å². The molecule has 0 N–H and O–H groups in total. The fraction of sp³-hybridized carbons (Fsp3) is 1.00. The minimum absolute atomic E-state index is 0. The Morgan fingerprint density at radius 1 is 0.652 bits per heavy atom.